The van der Waals surface area contributed by atoms with E-state index in [2.05, 4.69) is 0 Å². The van der Waals surface area contributed by atoms with Crippen LogP contribution in [0.3, 0.4) is 0 Å². The van der Waals surface area contributed by atoms with Crippen molar-refractivity contribution in [2.75, 3.05) is 4.90 Å². The lowest BCUT2D eigenvalue weighted by Crippen LogP contribution is -2.31. The average Bonchev–Trinajstić information content (AvgIpc) is 2.96. The maximum Gasteiger partial charge on any atom is 0.272 e. The Morgan fingerprint density at radius 1 is 0.833 bits per heavy atom. The molecule has 7 heteroatoms. The second-order valence-electron chi connectivity index (χ2n) is 6.64. The van der Waals surface area contributed by atoms with Crippen molar-refractivity contribution in [3.05, 3.63) is 98.6 Å². The number of carbonyl (C=O) groups excluding carboxylic acids is 2. The van der Waals surface area contributed by atoms with E-state index in [4.69, 9.17) is 23.2 Å². The van der Waals surface area contributed by atoms with Crippen molar-refractivity contribution < 1.29 is 14.0 Å². The smallest absolute Gasteiger partial charge is 0.268 e. The van der Waals surface area contributed by atoms with E-state index in [0.717, 1.165) is 15.4 Å². The van der Waals surface area contributed by atoms with E-state index in [1.165, 1.54) is 36.0 Å². The first-order chi connectivity index (χ1) is 14.3. The second-order valence-corrected chi connectivity index (χ2v) is 8.60. The monoisotopic (exact) mass is 457 g/mol. The highest BCUT2D eigenvalue weighted by Gasteiger charge is 2.41. The molecule has 0 saturated heterocycles. The highest BCUT2D eigenvalue weighted by molar-refractivity contribution is 8.04. The lowest BCUT2D eigenvalue weighted by Gasteiger charge is -2.18. The predicted octanol–water partition coefficient (Wildman–Crippen LogP) is 6.52. The minimum Gasteiger partial charge on any atom is -0.268 e. The van der Waals surface area contributed by atoms with Crippen molar-refractivity contribution in [2.45, 2.75) is 11.8 Å². The molecule has 0 aromatic heterocycles. The van der Waals surface area contributed by atoms with Crippen LogP contribution in [0.4, 0.5) is 10.1 Å². The third-order valence-corrected chi connectivity index (χ3v) is 6.20. The molecular formula is C23H14Cl2FNO2S. The topological polar surface area (TPSA) is 37.4 Å². The van der Waals surface area contributed by atoms with E-state index in [1.807, 2.05) is 0 Å². The molecular weight excluding hydrogens is 444 g/mol. The van der Waals surface area contributed by atoms with Crippen LogP contribution in [0, 0.1) is 12.7 Å². The summed E-state index contributed by atoms with van der Waals surface area (Å²) in [4.78, 5) is 28.9. The maximum atomic E-state index is 13.5. The molecule has 150 valence electrons. The van der Waals surface area contributed by atoms with Crippen molar-refractivity contribution in [1.82, 2.24) is 0 Å². The molecule has 0 fully saturated rings. The fourth-order valence-electron chi connectivity index (χ4n) is 3.14. The molecule has 30 heavy (non-hydrogen) atoms. The fraction of sp³-hybridized carbons (Fsp3) is 0.0435. The van der Waals surface area contributed by atoms with Gasteiger partial charge in [-0.3, -0.25) is 9.59 Å². The van der Waals surface area contributed by atoms with Crippen LogP contribution in [0.15, 0.2) is 76.5 Å². The molecule has 2 amide bonds. The van der Waals surface area contributed by atoms with Crippen LogP contribution in [-0.4, -0.2) is 11.8 Å². The summed E-state index contributed by atoms with van der Waals surface area (Å²) in [5, 5.41) is 0.982. The molecule has 1 heterocycles. The summed E-state index contributed by atoms with van der Waals surface area (Å²) in [5.41, 5.74) is 1.84. The molecule has 0 N–H and O–H groups in total. The molecule has 0 bridgehead atoms. The largest absolute Gasteiger partial charge is 0.272 e. The number of thioether (sulfide) groups is 1. The van der Waals surface area contributed by atoms with Crippen molar-refractivity contribution in [3.63, 3.8) is 0 Å². The molecule has 3 aromatic rings. The number of amides is 2. The highest BCUT2D eigenvalue weighted by atomic mass is 35.5. The number of halogens is 3. The predicted molar refractivity (Wildman–Crippen MR) is 119 cm³/mol. The van der Waals surface area contributed by atoms with Gasteiger partial charge >= 0.3 is 0 Å². The van der Waals surface area contributed by atoms with Gasteiger partial charge in [-0.1, -0.05) is 53.2 Å². The molecule has 3 aromatic carbocycles. The first-order valence-corrected chi connectivity index (χ1v) is 10.5. The lowest BCUT2D eigenvalue weighted by atomic mass is 10.1. The number of hydrogen-bond acceptors (Lipinski definition) is 3. The van der Waals surface area contributed by atoms with Gasteiger partial charge in [0, 0.05) is 14.9 Å². The molecule has 0 unspecified atom stereocenters. The Labute approximate surface area is 187 Å². The molecule has 0 aliphatic carbocycles. The molecule has 0 radical (unpaired) electrons. The molecule has 0 atom stereocenters. The zero-order valence-electron chi connectivity index (χ0n) is 15.7. The summed E-state index contributed by atoms with van der Waals surface area (Å²) in [5.74, 6) is -1.36. The van der Waals surface area contributed by atoms with Crippen LogP contribution in [0.2, 0.25) is 10.0 Å². The fourth-order valence-corrected chi connectivity index (χ4v) is 4.42. The minimum atomic E-state index is -0.478. The quantitative estimate of drug-likeness (QED) is 0.418. The van der Waals surface area contributed by atoms with Crippen LogP contribution in [-0.2, 0) is 9.59 Å². The van der Waals surface area contributed by atoms with Crippen LogP contribution < -0.4 is 4.90 Å². The Kier molecular flexibility index (Phi) is 5.69. The zero-order valence-corrected chi connectivity index (χ0v) is 18.0. The van der Waals surface area contributed by atoms with Crippen molar-refractivity contribution in [1.29, 1.82) is 0 Å². The number of benzene rings is 3. The lowest BCUT2D eigenvalue weighted by molar-refractivity contribution is -0.119. The van der Waals surface area contributed by atoms with Gasteiger partial charge in [-0.25, -0.2) is 9.29 Å². The molecule has 1 aliphatic rings. The number of aryl methyl sites for hydroxylation is 1. The van der Waals surface area contributed by atoms with Crippen LogP contribution in [0.25, 0.3) is 5.57 Å². The number of carbonyl (C=O) groups is 2. The van der Waals surface area contributed by atoms with E-state index >= 15 is 0 Å². The summed E-state index contributed by atoms with van der Waals surface area (Å²) >= 11 is 13.2. The van der Waals surface area contributed by atoms with Crippen molar-refractivity contribution in [3.8, 4) is 0 Å². The Bertz CT molecular complexity index is 1190. The SMILES string of the molecule is Cc1ccc(Cl)cc1N1C(=O)C(Sc2ccc(Cl)cc2)=C(c2ccc(F)cc2)C1=O. The summed E-state index contributed by atoms with van der Waals surface area (Å²) in [6, 6.07) is 17.5. The normalized spacial score (nSPS) is 14.1. The zero-order chi connectivity index (χ0) is 21.4. The van der Waals surface area contributed by atoms with Crippen molar-refractivity contribution in [2.24, 2.45) is 0 Å². The number of hydrogen-bond donors (Lipinski definition) is 0. The summed E-state index contributed by atoms with van der Waals surface area (Å²) < 4.78 is 13.5. The Balaban J connectivity index is 1.84. The van der Waals surface area contributed by atoms with E-state index in [-0.39, 0.29) is 10.5 Å². The minimum absolute atomic E-state index is 0.222. The second kappa shape index (κ2) is 8.26. The summed E-state index contributed by atoms with van der Waals surface area (Å²) in [6.45, 7) is 1.80. The van der Waals surface area contributed by atoms with Gasteiger partial charge in [0.05, 0.1) is 16.2 Å². The van der Waals surface area contributed by atoms with Crippen molar-refractivity contribution >= 4 is 58.0 Å². The molecule has 0 spiro atoms. The van der Waals surface area contributed by atoms with E-state index in [1.54, 1.807) is 49.4 Å². The highest BCUT2D eigenvalue weighted by Crippen LogP contribution is 2.42. The first kappa shape index (κ1) is 20.7. The maximum absolute atomic E-state index is 13.5. The Hall–Kier alpha value is -2.60. The average molecular weight is 458 g/mol. The van der Waals surface area contributed by atoms with Gasteiger partial charge in [0.15, 0.2) is 0 Å². The Morgan fingerprint density at radius 3 is 2.13 bits per heavy atom. The molecule has 3 nitrogen and oxygen atoms in total. The van der Waals surface area contributed by atoms with E-state index < -0.39 is 17.6 Å². The number of nitrogens with zero attached hydrogens (tertiary/aromatic N) is 1. The van der Waals surface area contributed by atoms with Gasteiger partial charge in [0.2, 0.25) is 0 Å². The van der Waals surface area contributed by atoms with E-state index in [0.29, 0.717) is 21.3 Å². The van der Waals surface area contributed by atoms with Crippen LogP contribution >= 0.6 is 35.0 Å². The third-order valence-electron chi connectivity index (χ3n) is 4.62. The number of imide groups is 1. The molecule has 0 saturated carbocycles. The number of anilines is 1. The van der Waals surface area contributed by atoms with Crippen LogP contribution in [0.1, 0.15) is 11.1 Å². The first-order valence-electron chi connectivity index (χ1n) is 8.94. The number of rotatable bonds is 4. The van der Waals surface area contributed by atoms with Gasteiger partial charge < -0.3 is 0 Å². The summed E-state index contributed by atoms with van der Waals surface area (Å²) in [7, 11) is 0. The van der Waals surface area contributed by atoms with Gasteiger partial charge in [-0.05, 0) is 66.6 Å². The molecule has 4 rings (SSSR count). The summed E-state index contributed by atoms with van der Waals surface area (Å²) in [6.07, 6.45) is 0. The van der Waals surface area contributed by atoms with Gasteiger partial charge in [-0.2, -0.15) is 0 Å². The van der Waals surface area contributed by atoms with Gasteiger partial charge in [0.25, 0.3) is 11.8 Å². The molecule has 1 aliphatic heterocycles. The van der Waals surface area contributed by atoms with Gasteiger partial charge in [-0.15, -0.1) is 0 Å². The van der Waals surface area contributed by atoms with Crippen LogP contribution in [0.5, 0.6) is 0 Å². The third kappa shape index (κ3) is 3.88. The van der Waals surface area contributed by atoms with E-state index in [9.17, 15) is 14.0 Å². The standard InChI is InChI=1S/C23H14Cl2FNO2S/c1-13-2-5-16(25)12-19(13)27-22(28)20(14-3-8-17(26)9-4-14)21(23(27)29)30-18-10-6-15(24)7-11-18/h2-12H,1H3. The van der Waals surface area contributed by atoms with Gasteiger partial charge in [0.1, 0.15) is 5.82 Å². The Morgan fingerprint density at radius 2 is 1.47 bits per heavy atom.